The van der Waals surface area contributed by atoms with E-state index in [-0.39, 0.29) is 5.97 Å². The number of oxime groups is 1. The van der Waals surface area contributed by atoms with Gasteiger partial charge in [-0.05, 0) is 50.8 Å². The first-order valence-corrected chi connectivity index (χ1v) is 9.87. The van der Waals surface area contributed by atoms with E-state index in [0.717, 1.165) is 39.5 Å². The van der Waals surface area contributed by atoms with Crippen molar-refractivity contribution in [3.05, 3.63) is 40.5 Å². The molecule has 0 atom stereocenters. The van der Waals surface area contributed by atoms with E-state index < -0.39 is 0 Å². The van der Waals surface area contributed by atoms with Crippen LogP contribution in [-0.2, 0) is 11.3 Å². The number of aryl methyl sites for hydroxylation is 1. The zero-order chi connectivity index (χ0) is 19.0. The molecule has 0 bridgehead atoms. The van der Waals surface area contributed by atoms with Gasteiger partial charge >= 0.3 is 5.97 Å². The van der Waals surface area contributed by atoms with Crippen LogP contribution in [0.1, 0.15) is 40.7 Å². The van der Waals surface area contributed by atoms with Crippen LogP contribution < -0.4 is 0 Å². The summed E-state index contributed by atoms with van der Waals surface area (Å²) in [7, 11) is 0. The smallest absolute Gasteiger partial charge is 0.350 e. The summed E-state index contributed by atoms with van der Waals surface area (Å²) in [5, 5.41) is 14.0. The molecule has 1 fully saturated rings. The van der Waals surface area contributed by atoms with Crippen LogP contribution in [0.2, 0.25) is 0 Å². The van der Waals surface area contributed by atoms with Crippen LogP contribution in [0.15, 0.2) is 29.6 Å². The molecule has 6 nitrogen and oxygen atoms in total. The Labute approximate surface area is 161 Å². The molecule has 0 spiro atoms. The lowest BCUT2D eigenvalue weighted by molar-refractivity contribution is 0.0531. The number of hydrogen-bond donors (Lipinski definition) is 1. The Bertz CT molecular complexity index is 1030. The predicted molar refractivity (Wildman–Crippen MR) is 106 cm³/mol. The molecule has 0 radical (unpaired) electrons. The normalized spacial score (nSPS) is 14.3. The highest BCUT2D eigenvalue weighted by atomic mass is 32.1. The zero-order valence-electron chi connectivity index (χ0n) is 15.3. The molecule has 2 heterocycles. The Morgan fingerprint density at radius 2 is 2.30 bits per heavy atom. The Balaban J connectivity index is 1.75. The molecule has 1 saturated carbocycles. The van der Waals surface area contributed by atoms with Crippen molar-refractivity contribution in [3.8, 4) is 10.6 Å². The zero-order valence-corrected chi connectivity index (χ0v) is 16.1. The monoisotopic (exact) mass is 383 g/mol. The fourth-order valence-corrected chi connectivity index (χ4v) is 4.21. The molecule has 140 valence electrons. The van der Waals surface area contributed by atoms with E-state index in [2.05, 4.69) is 20.8 Å². The van der Waals surface area contributed by atoms with E-state index in [4.69, 9.17) is 9.94 Å². The summed E-state index contributed by atoms with van der Waals surface area (Å²) >= 11 is 1.34. The SMILES string of the molecule is CCOC(=O)c1sc(-c2ccc3c(c2)c(/C=N\O)cn3CC2CC2)nc1C. The van der Waals surface area contributed by atoms with E-state index >= 15 is 0 Å². The third-order valence-electron chi connectivity index (χ3n) is 4.76. The van der Waals surface area contributed by atoms with Gasteiger partial charge in [-0.1, -0.05) is 5.16 Å². The lowest BCUT2D eigenvalue weighted by Crippen LogP contribution is -2.03. The molecular weight excluding hydrogens is 362 g/mol. The number of ether oxygens (including phenoxy) is 1. The second-order valence-electron chi connectivity index (χ2n) is 6.81. The fraction of sp³-hybridized carbons (Fsp3) is 0.350. The number of hydrogen-bond acceptors (Lipinski definition) is 6. The molecule has 3 aromatic rings. The minimum atomic E-state index is -0.330. The van der Waals surface area contributed by atoms with Crippen molar-refractivity contribution < 1.29 is 14.7 Å². The van der Waals surface area contributed by atoms with Crippen molar-refractivity contribution in [2.24, 2.45) is 11.1 Å². The van der Waals surface area contributed by atoms with Crippen molar-refractivity contribution in [2.45, 2.75) is 33.2 Å². The van der Waals surface area contributed by atoms with Gasteiger partial charge < -0.3 is 14.5 Å². The summed E-state index contributed by atoms with van der Waals surface area (Å²) < 4.78 is 7.34. The third kappa shape index (κ3) is 3.47. The first kappa shape index (κ1) is 17.7. The lowest BCUT2D eigenvalue weighted by Gasteiger charge is -2.04. The van der Waals surface area contributed by atoms with E-state index in [9.17, 15) is 4.79 Å². The molecule has 4 rings (SSSR count). The van der Waals surface area contributed by atoms with Crippen LogP contribution in [0.25, 0.3) is 21.5 Å². The Hall–Kier alpha value is -2.67. The predicted octanol–water partition coefficient (Wildman–Crippen LogP) is 4.47. The van der Waals surface area contributed by atoms with E-state index in [1.54, 1.807) is 6.92 Å². The molecule has 0 aliphatic heterocycles. The van der Waals surface area contributed by atoms with Gasteiger partial charge in [0.1, 0.15) is 9.88 Å². The number of nitrogens with zero attached hydrogens (tertiary/aromatic N) is 3. The third-order valence-corrected chi connectivity index (χ3v) is 5.95. The molecule has 1 aliphatic carbocycles. The first-order chi connectivity index (χ1) is 13.1. The molecule has 1 aromatic carbocycles. The van der Waals surface area contributed by atoms with Gasteiger partial charge in [-0.3, -0.25) is 0 Å². The number of carbonyl (C=O) groups excluding carboxylic acids is 1. The maximum Gasteiger partial charge on any atom is 0.350 e. The highest BCUT2D eigenvalue weighted by molar-refractivity contribution is 7.17. The number of benzene rings is 1. The summed E-state index contributed by atoms with van der Waals surface area (Å²) in [6.07, 6.45) is 6.04. The quantitative estimate of drug-likeness (QED) is 0.295. The number of esters is 1. The summed E-state index contributed by atoms with van der Waals surface area (Å²) in [4.78, 5) is 17.2. The van der Waals surface area contributed by atoms with Crippen LogP contribution >= 0.6 is 11.3 Å². The number of thiazole rings is 1. The van der Waals surface area contributed by atoms with Gasteiger partial charge in [0, 0.05) is 34.8 Å². The molecule has 27 heavy (non-hydrogen) atoms. The van der Waals surface area contributed by atoms with Crippen molar-refractivity contribution in [3.63, 3.8) is 0 Å². The van der Waals surface area contributed by atoms with Crippen LogP contribution in [-0.4, -0.2) is 33.5 Å². The summed E-state index contributed by atoms with van der Waals surface area (Å²) in [5.41, 5.74) is 3.59. The van der Waals surface area contributed by atoms with Gasteiger partial charge in [0.15, 0.2) is 0 Å². The average molecular weight is 383 g/mol. The van der Waals surface area contributed by atoms with Gasteiger partial charge in [0.05, 0.1) is 18.5 Å². The summed E-state index contributed by atoms with van der Waals surface area (Å²) in [6, 6.07) is 6.14. The van der Waals surface area contributed by atoms with Gasteiger partial charge in [0.2, 0.25) is 0 Å². The minimum Gasteiger partial charge on any atom is -0.462 e. The lowest BCUT2D eigenvalue weighted by atomic mass is 10.1. The van der Waals surface area contributed by atoms with E-state index in [1.165, 1.54) is 30.4 Å². The Morgan fingerprint density at radius 3 is 3.00 bits per heavy atom. The molecule has 1 aliphatic rings. The van der Waals surface area contributed by atoms with Gasteiger partial charge in [-0.2, -0.15) is 0 Å². The van der Waals surface area contributed by atoms with Gasteiger partial charge in [-0.15, -0.1) is 11.3 Å². The average Bonchev–Trinajstić information content (AvgIpc) is 3.29. The first-order valence-electron chi connectivity index (χ1n) is 9.06. The van der Waals surface area contributed by atoms with Crippen molar-refractivity contribution in [1.29, 1.82) is 0 Å². The molecular formula is C20H21N3O3S. The highest BCUT2D eigenvalue weighted by Gasteiger charge is 2.23. The highest BCUT2D eigenvalue weighted by Crippen LogP contribution is 2.35. The van der Waals surface area contributed by atoms with Gasteiger partial charge in [-0.25, -0.2) is 9.78 Å². The molecule has 1 N–H and O–H groups in total. The Kier molecular flexibility index (Phi) is 4.70. The van der Waals surface area contributed by atoms with Crippen molar-refractivity contribution >= 4 is 34.4 Å². The minimum absolute atomic E-state index is 0.330. The van der Waals surface area contributed by atoms with Gasteiger partial charge in [0.25, 0.3) is 0 Å². The number of aromatic nitrogens is 2. The fourth-order valence-electron chi connectivity index (χ4n) is 3.26. The maximum atomic E-state index is 12.1. The van der Waals surface area contributed by atoms with E-state index in [0.29, 0.717) is 17.2 Å². The van der Waals surface area contributed by atoms with E-state index in [1.807, 2.05) is 25.3 Å². The number of carbonyl (C=O) groups is 1. The molecule has 0 amide bonds. The maximum absolute atomic E-state index is 12.1. The molecule has 0 saturated heterocycles. The summed E-state index contributed by atoms with van der Waals surface area (Å²) in [6.45, 7) is 4.94. The van der Waals surface area contributed by atoms with Crippen LogP contribution in [0.4, 0.5) is 0 Å². The molecule has 7 heteroatoms. The van der Waals surface area contributed by atoms with Crippen molar-refractivity contribution in [1.82, 2.24) is 9.55 Å². The van der Waals surface area contributed by atoms with Crippen molar-refractivity contribution in [2.75, 3.05) is 6.61 Å². The van der Waals surface area contributed by atoms with Crippen LogP contribution in [0.5, 0.6) is 0 Å². The Morgan fingerprint density at radius 1 is 1.48 bits per heavy atom. The standard InChI is InChI=1S/C20H21N3O3S/c1-3-26-20(24)18-12(2)22-19(27-18)14-6-7-17-16(8-14)15(9-21-25)11-23(17)10-13-4-5-13/h6-9,11,13,25H,3-5,10H2,1-2H3/b21-9-. The molecule has 0 unspecified atom stereocenters. The van der Waals surface area contributed by atoms with Crippen LogP contribution in [0, 0.1) is 12.8 Å². The number of rotatable bonds is 6. The second-order valence-corrected chi connectivity index (χ2v) is 7.81. The van der Waals surface area contributed by atoms with Crippen LogP contribution in [0.3, 0.4) is 0 Å². The number of fused-ring (bicyclic) bond motifs is 1. The second kappa shape index (κ2) is 7.15. The summed E-state index contributed by atoms with van der Waals surface area (Å²) in [5.74, 6) is 0.413. The largest absolute Gasteiger partial charge is 0.462 e. The molecule has 2 aromatic heterocycles. The topological polar surface area (TPSA) is 76.7 Å².